The number of carbonyl (C=O) groups is 1. The fourth-order valence-corrected chi connectivity index (χ4v) is 5.47. The zero-order valence-electron chi connectivity index (χ0n) is 18.5. The van der Waals surface area contributed by atoms with E-state index in [-0.39, 0.29) is 11.9 Å². The Balaban J connectivity index is 1.41. The van der Waals surface area contributed by atoms with Gasteiger partial charge >= 0.3 is 0 Å². The van der Waals surface area contributed by atoms with Gasteiger partial charge in [-0.05, 0) is 36.2 Å². The van der Waals surface area contributed by atoms with Gasteiger partial charge in [-0.25, -0.2) is 5.01 Å². The van der Waals surface area contributed by atoms with Gasteiger partial charge < -0.3 is 4.57 Å². The van der Waals surface area contributed by atoms with Gasteiger partial charge in [0.2, 0.25) is 0 Å². The van der Waals surface area contributed by atoms with Gasteiger partial charge in [-0.1, -0.05) is 76.1 Å². The Morgan fingerprint density at radius 2 is 1.79 bits per heavy atom. The molecule has 6 heteroatoms. The Bertz CT molecular complexity index is 1340. The van der Waals surface area contributed by atoms with E-state index in [4.69, 9.17) is 5.10 Å². The maximum absolute atomic E-state index is 13.4. The smallest absolute Gasteiger partial charge is 0.253 e. The first-order chi connectivity index (χ1) is 16.0. The molecular weight excluding hydrogens is 494 g/mol. The molecule has 0 bridgehead atoms. The minimum absolute atomic E-state index is 0.0191. The molecule has 1 aromatic heterocycles. The fourth-order valence-electron chi connectivity index (χ4n) is 4.23. The molecular formula is C27H24BrN3OS. The van der Waals surface area contributed by atoms with Gasteiger partial charge in [0, 0.05) is 39.9 Å². The van der Waals surface area contributed by atoms with Gasteiger partial charge in [-0.15, -0.1) is 11.8 Å². The molecule has 0 aliphatic carbocycles. The summed E-state index contributed by atoms with van der Waals surface area (Å²) in [6, 6.07) is 24.7. The summed E-state index contributed by atoms with van der Waals surface area (Å²) in [6.07, 6.45) is 2.80. The van der Waals surface area contributed by atoms with E-state index in [2.05, 4.69) is 70.0 Å². The lowest BCUT2D eigenvalue weighted by Crippen LogP contribution is -2.28. The first-order valence-corrected chi connectivity index (χ1v) is 12.7. The summed E-state index contributed by atoms with van der Waals surface area (Å²) in [4.78, 5) is 14.5. The SMILES string of the molecule is Cc1ccc(C2CC(c3ccc(Br)cc3)=NN2C(=O)CSc2cn(C)c3ccccc23)cc1. The Morgan fingerprint density at radius 3 is 2.55 bits per heavy atom. The molecule has 4 aromatic rings. The third-order valence-electron chi connectivity index (χ3n) is 6.02. The third kappa shape index (κ3) is 4.50. The Morgan fingerprint density at radius 1 is 1.06 bits per heavy atom. The van der Waals surface area contributed by atoms with Crippen LogP contribution in [0.15, 0.2) is 93.5 Å². The highest BCUT2D eigenvalue weighted by Gasteiger charge is 2.33. The van der Waals surface area contributed by atoms with Gasteiger partial charge in [0.05, 0.1) is 17.5 Å². The van der Waals surface area contributed by atoms with E-state index in [1.807, 2.05) is 43.4 Å². The second-order valence-corrected chi connectivity index (χ2v) is 10.3. The van der Waals surface area contributed by atoms with Crippen molar-refractivity contribution in [1.82, 2.24) is 9.58 Å². The topological polar surface area (TPSA) is 37.6 Å². The number of rotatable bonds is 5. The largest absolute Gasteiger partial charge is 0.349 e. The van der Waals surface area contributed by atoms with Crippen LogP contribution in [0.25, 0.3) is 10.9 Å². The summed E-state index contributed by atoms with van der Waals surface area (Å²) in [5.74, 6) is 0.360. The van der Waals surface area contributed by atoms with Crippen LogP contribution in [0.5, 0.6) is 0 Å². The molecule has 0 saturated heterocycles. The molecule has 1 unspecified atom stereocenters. The number of hydrogen-bond donors (Lipinski definition) is 0. The van der Waals surface area contributed by atoms with Crippen LogP contribution in [0.2, 0.25) is 0 Å². The van der Waals surface area contributed by atoms with E-state index in [9.17, 15) is 4.79 Å². The zero-order valence-corrected chi connectivity index (χ0v) is 20.9. The minimum Gasteiger partial charge on any atom is -0.349 e. The van der Waals surface area contributed by atoms with E-state index in [0.717, 1.165) is 26.2 Å². The molecule has 1 aliphatic heterocycles. The van der Waals surface area contributed by atoms with Crippen molar-refractivity contribution in [1.29, 1.82) is 0 Å². The van der Waals surface area contributed by atoms with Crippen LogP contribution >= 0.6 is 27.7 Å². The molecule has 0 fully saturated rings. The number of hydrogen-bond acceptors (Lipinski definition) is 3. The van der Waals surface area contributed by atoms with E-state index in [0.29, 0.717) is 12.2 Å². The van der Waals surface area contributed by atoms with E-state index >= 15 is 0 Å². The van der Waals surface area contributed by atoms with Gasteiger partial charge in [0.15, 0.2) is 0 Å². The first kappa shape index (κ1) is 22.0. The highest BCUT2D eigenvalue weighted by molar-refractivity contribution is 9.10. The second-order valence-electron chi connectivity index (χ2n) is 8.33. The summed E-state index contributed by atoms with van der Waals surface area (Å²) in [7, 11) is 2.04. The van der Waals surface area contributed by atoms with Crippen molar-refractivity contribution in [2.45, 2.75) is 24.3 Å². The summed E-state index contributed by atoms with van der Waals surface area (Å²) in [5.41, 5.74) is 5.47. The number of nitrogens with zero attached hydrogens (tertiary/aromatic N) is 3. The van der Waals surface area contributed by atoms with Crippen molar-refractivity contribution < 1.29 is 4.79 Å². The standard InChI is InChI=1S/C27H24BrN3OS/c1-18-7-9-20(10-8-18)25-15-23(19-11-13-21(28)14-12-19)29-31(25)27(32)17-33-26-16-30(2)24-6-4-3-5-22(24)26/h3-14,16,25H,15,17H2,1-2H3. The predicted molar refractivity (Wildman–Crippen MR) is 140 cm³/mol. The summed E-state index contributed by atoms with van der Waals surface area (Å²) in [6.45, 7) is 2.08. The van der Waals surface area contributed by atoms with Crippen molar-refractivity contribution in [3.05, 3.63) is 100 Å². The number of fused-ring (bicyclic) bond motifs is 1. The molecule has 4 nitrogen and oxygen atoms in total. The van der Waals surface area contributed by atoms with Crippen LogP contribution < -0.4 is 0 Å². The van der Waals surface area contributed by atoms with Crippen LogP contribution in [0.4, 0.5) is 0 Å². The highest BCUT2D eigenvalue weighted by Crippen LogP contribution is 2.35. The van der Waals surface area contributed by atoms with Gasteiger partial charge in [0.1, 0.15) is 0 Å². The first-order valence-electron chi connectivity index (χ1n) is 10.9. The summed E-state index contributed by atoms with van der Waals surface area (Å²) < 4.78 is 3.14. The number of aryl methyl sites for hydroxylation is 2. The Labute approximate surface area is 206 Å². The Kier molecular flexibility index (Phi) is 6.13. The number of thioether (sulfide) groups is 1. The second kappa shape index (κ2) is 9.20. The summed E-state index contributed by atoms with van der Waals surface area (Å²) in [5, 5.41) is 7.68. The minimum atomic E-state index is -0.0927. The normalized spacial score (nSPS) is 15.8. The number of benzene rings is 3. The molecule has 1 aliphatic rings. The van der Waals surface area contributed by atoms with Crippen molar-refractivity contribution in [2.24, 2.45) is 12.1 Å². The van der Waals surface area contributed by atoms with Crippen molar-refractivity contribution in [3.8, 4) is 0 Å². The number of aromatic nitrogens is 1. The molecule has 1 atom stereocenters. The van der Waals surface area contributed by atoms with Crippen molar-refractivity contribution in [3.63, 3.8) is 0 Å². The number of halogens is 1. The average Bonchev–Trinajstić information content (AvgIpc) is 3.41. The quantitative estimate of drug-likeness (QED) is 0.275. The lowest BCUT2D eigenvalue weighted by molar-refractivity contribution is -0.130. The molecule has 166 valence electrons. The molecule has 0 N–H and O–H groups in total. The average molecular weight is 518 g/mol. The van der Waals surface area contributed by atoms with Crippen LogP contribution in [0, 0.1) is 6.92 Å². The van der Waals surface area contributed by atoms with Gasteiger partial charge in [0.25, 0.3) is 5.91 Å². The van der Waals surface area contributed by atoms with Crippen molar-refractivity contribution >= 4 is 50.2 Å². The highest BCUT2D eigenvalue weighted by atomic mass is 79.9. The van der Waals surface area contributed by atoms with Crippen LogP contribution in [-0.4, -0.2) is 26.9 Å². The van der Waals surface area contributed by atoms with Crippen LogP contribution in [0.1, 0.15) is 29.2 Å². The van der Waals surface area contributed by atoms with Crippen molar-refractivity contribution in [2.75, 3.05) is 5.75 Å². The molecule has 0 saturated carbocycles. The van der Waals surface area contributed by atoms with E-state index in [1.54, 1.807) is 16.8 Å². The predicted octanol–water partition coefficient (Wildman–Crippen LogP) is 6.72. The van der Waals surface area contributed by atoms with Gasteiger partial charge in [-0.2, -0.15) is 5.10 Å². The number of amides is 1. The molecule has 0 spiro atoms. The Hall–Kier alpha value is -2.83. The third-order valence-corrected chi connectivity index (χ3v) is 7.57. The maximum Gasteiger partial charge on any atom is 0.253 e. The lowest BCUT2D eigenvalue weighted by Gasteiger charge is -2.22. The fraction of sp³-hybridized carbons (Fsp3) is 0.185. The number of hydrazone groups is 1. The van der Waals surface area contributed by atoms with E-state index in [1.165, 1.54) is 16.5 Å². The van der Waals surface area contributed by atoms with Gasteiger partial charge in [-0.3, -0.25) is 4.79 Å². The van der Waals surface area contributed by atoms with E-state index < -0.39 is 0 Å². The zero-order chi connectivity index (χ0) is 22.9. The molecule has 0 radical (unpaired) electrons. The lowest BCUT2D eigenvalue weighted by atomic mass is 9.98. The molecule has 2 heterocycles. The molecule has 3 aromatic carbocycles. The summed E-state index contributed by atoms with van der Waals surface area (Å²) >= 11 is 5.07. The number of para-hydroxylation sites is 1. The monoisotopic (exact) mass is 517 g/mol. The molecule has 33 heavy (non-hydrogen) atoms. The van der Waals surface area contributed by atoms with Crippen LogP contribution in [-0.2, 0) is 11.8 Å². The molecule has 1 amide bonds. The maximum atomic E-state index is 13.4. The molecule has 5 rings (SSSR count). The number of carbonyl (C=O) groups excluding carboxylic acids is 1. The van der Waals surface area contributed by atoms with Crippen LogP contribution in [0.3, 0.4) is 0 Å².